The second-order valence-electron chi connectivity index (χ2n) is 7.51. The third kappa shape index (κ3) is 4.22. The summed E-state index contributed by atoms with van der Waals surface area (Å²) in [6.45, 7) is 1.48. The molecule has 30 heavy (non-hydrogen) atoms. The van der Waals surface area contributed by atoms with Gasteiger partial charge in [0, 0.05) is 56.7 Å². The van der Waals surface area contributed by atoms with Gasteiger partial charge in [0.15, 0.2) is 5.96 Å². The quantitative estimate of drug-likeness (QED) is 0.341. The molecule has 3 N–H and O–H groups in total. The molecule has 0 saturated heterocycles. The number of H-pyrrole nitrogens is 1. The maximum atomic E-state index is 4.73. The lowest BCUT2D eigenvalue weighted by Gasteiger charge is -2.17. The van der Waals surface area contributed by atoms with Crippen molar-refractivity contribution in [3.63, 3.8) is 0 Å². The number of hydrogen-bond acceptors (Lipinski definition) is 3. The van der Waals surface area contributed by atoms with Crippen molar-refractivity contribution in [3.05, 3.63) is 71.9 Å². The number of hydrogen-bond donors (Lipinski definition) is 3. The average Bonchev–Trinajstić information content (AvgIpc) is 3.18. The molecule has 2 aromatic heterocycles. The zero-order valence-electron chi connectivity index (χ0n) is 17.7. The monoisotopic (exact) mass is 400 g/mol. The number of benzene rings is 2. The molecule has 4 aromatic rings. The summed E-state index contributed by atoms with van der Waals surface area (Å²) in [5, 5.41) is 9.31. The molecular formula is C24H28N6. The lowest BCUT2D eigenvalue weighted by Crippen LogP contribution is -2.37. The molecule has 2 heterocycles. The summed E-state index contributed by atoms with van der Waals surface area (Å²) in [5.41, 5.74) is 4.69. The van der Waals surface area contributed by atoms with E-state index in [-0.39, 0.29) is 0 Å². The SMILES string of the molecule is CN=C(NCCc1c[nH]c2ccccc12)NCc1cc(N(C)C)nc2ccccc12. The molecular weight excluding hydrogens is 372 g/mol. The fourth-order valence-corrected chi connectivity index (χ4v) is 3.66. The van der Waals surface area contributed by atoms with Crippen molar-refractivity contribution in [1.82, 2.24) is 20.6 Å². The van der Waals surface area contributed by atoms with Gasteiger partial charge in [-0.1, -0.05) is 36.4 Å². The van der Waals surface area contributed by atoms with Crippen LogP contribution in [0.3, 0.4) is 0 Å². The molecule has 154 valence electrons. The molecule has 0 saturated carbocycles. The van der Waals surface area contributed by atoms with E-state index < -0.39 is 0 Å². The van der Waals surface area contributed by atoms with Crippen molar-refractivity contribution in [2.75, 3.05) is 32.6 Å². The minimum absolute atomic E-state index is 0.677. The smallest absolute Gasteiger partial charge is 0.191 e. The lowest BCUT2D eigenvalue weighted by atomic mass is 10.1. The summed E-state index contributed by atoms with van der Waals surface area (Å²) >= 11 is 0. The van der Waals surface area contributed by atoms with Crippen molar-refractivity contribution < 1.29 is 0 Å². The van der Waals surface area contributed by atoms with Gasteiger partial charge in [-0.25, -0.2) is 4.98 Å². The van der Waals surface area contributed by atoms with E-state index in [0.717, 1.165) is 35.6 Å². The van der Waals surface area contributed by atoms with E-state index in [2.05, 4.69) is 75.3 Å². The maximum absolute atomic E-state index is 4.73. The summed E-state index contributed by atoms with van der Waals surface area (Å²) in [6.07, 6.45) is 3.02. The Balaban J connectivity index is 1.41. The van der Waals surface area contributed by atoms with Crippen LogP contribution in [-0.4, -0.2) is 43.6 Å². The van der Waals surface area contributed by atoms with Gasteiger partial charge in [-0.3, -0.25) is 4.99 Å². The van der Waals surface area contributed by atoms with Gasteiger partial charge in [0.2, 0.25) is 0 Å². The molecule has 4 rings (SSSR count). The van der Waals surface area contributed by atoms with E-state index in [1.807, 2.05) is 25.1 Å². The van der Waals surface area contributed by atoms with Gasteiger partial charge in [0.05, 0.1) is 5.52 Å². The number of fused-ring (bicyclic) bond motifs is 2. The zero-order valence-corrected chi connectivity index (χ0v) is 17.7. The lowest BCUT2D eigenvalue weighted by molar-refractivity contribution is 0.798. The van der Waals surface area contributed by atoms with Gasteiger partial charge in [-0.15, -0.1) is 0 Å². The second-order valence-corrected chi connectivity index (χ2v) is 7.51. The molecule has 6 heteroatoms. The molecule has 0 aliphatic carbocycles. The van der Waals surface area contributed by atoms with Gasteiger partial charge in [0.1, 0.15) is 5.82 Å². The van der Waals surface area contributed by atoms with Crippen molar-refractivity contribution in [2.45, 2.75) is 13.0 Å². The van der Waals surface area contributed by atoms with Crippen molar-refractivity contribution in [1.29, 1.82) is 0 Å². The molecule has 0 amide bonds. The van der Waals surface area contributed by atoms with E-state index in [1.54, 1.807) is 7.05 Å². The fraction of sp³-hybridized carbons (Fsp3) is 0.250. The summed E-state index contributed by atoms with van der Waals surface area (Å²) in [5.74, 6) is 1.75. The number of guanidine groups is 1. The Morgan fingerprint density at radius 2 is 1.77 bits per heavy atom. The molecule has 2 aromatic carbocycles. The van der Waals surface area contributed by atoms with Crippen molar-refractivity contribution in [2.24, 2.45) is 4.99 Å². The van der Waals surface area contributed by atoms with Gasteiger partial charge in [-0.05, 0) is 35.7 Å². The number of nitrogens with zero attached hydrogens (tertiary/aromatic N) is 3. The Morgan fingerprint density at radius 1 is 1.00 bits per heavy atom. The van der Waals surface area contributed by atoms with Crippen molar-refractivity contribution >= 4 is 33.6 Å². The van der Waals surface area contributed by atoms with Crippen LogP contribution in [0.15, 0.2) is 65.8 Å². The number of aromatic amines is 1. The summed E-state index contributed by atoms with van der Waals surface area (Å²) < 4.78 is 0. The summed E-state index contributed by atoms with van der Waals surface area (Å²) in [6, 6.07) is 18.8. The van der Waals surface area contributed by atoms with Gasteiger partial charge in [0.25, 0.3) is 0 Å². The first kappa shape index (κ1) is 19.8. The van der Waals surface area contributed by atoms with Crippen LogP contribution in [0.1, 0.15) is 11.1 Å². The first-order chi connectivity index (χ1) is 14.7. The van der Waals surface area contributed by atoms with Crippen LogP contribution in [0.25, 0.3) is 21.8 Å². The van der Waals surface area contributed by atoms with E-state index in [1.165, 1.54) is 22.0 Å². The first-order valence-corrected chi connectivity index (χ1v) is 10.2. The standard InChI is InChI=1S/C24H28N6/c1-25-24(26-13-12-17-15-27-21-10-6-4-8-19(17)21)28-16-18-14-23(30(2)3)29-22-11-7-5-9-20(18)22/h4-11,14-15,27H,12-13,16H2,1-3H3,(H2,25,26,28). The van der Waals surface area contributed by atoms with Crippen molar-refractivity contribution in [3.8, 4) is 0 Å². The largest absolute Gasteiger partial charge is 0.363 e. The van der Waals surface area contributed by atoms with Crippen LogP contribution in [-0.2, 0) is 13.0 Å². The Morgan fingerprint density at radius 3 is 2.57 bits per heavy atom. The molecule has 0 aliphatic heterocycles. The van der Waals surface area contributed by atoms with Crippen LogP contribution in [0.5, 0.6) is 0 Å². The van der Waals surface area contributed by atoms with Gasteiger partial charge >= 0.3 is 0 Å². The number of anilines is 1. The highest BCUT2D eigenvalue weighted by Gasteiger charge is 2.08. The zero-order chi connectivity index (χ0) is 20.9. The highest BCUT2D eigenvalue weighted by Crippen LogP contribution is 2.22. The number of nitrogens with one attached hydrogen (secondary N) is 3. The van der Waals surface area contributed by atoms with Crippen LogP contribution in [0, 0.1) is 0 Å². The molecule has 0 atom stereocenters. The van der Waals surface area contributed by atoms with Crippen LogP contribution in [0.4, 0.5) is 5.82 Å². The Hall–Kier alpha value is -3.54. The molecule has 0 aliphatic rings. The highest BCUT2D eigenvalue weighted by atomic mass is 15.2. The summed E-state index contributed by atoms with van der Waals surface area (Å²) in [4.78, 5) is 14.5. The Kier molecular flexibility index (Phi) is 5.84. The Labute approximate surface area is 177 Å². The number of aliphatic imine (C=N–C) groups is 1. The second kappa shape index (κ2) is 8.86. The predicted molar refractivity (Wildman–Crippen MR) is 126 cm³/mol. The molecule has 6 nitrogen and oxygen atoms in total. The molecule has 0 unspecified atom stereocenters. The van der Waals surface area contributed by atoms with Crippen LogP contribution >= 0.6 is 0 Å². The third-order valence-electron chi connectivity index (χ3n) is 5.28. The maximum Gasteiger partial charge on any atom is 0.191 e. The number of aromatic nitrogens is 2. The summed E-state index contributed by atoms with van der Waals surface area (Å²) in [7, 11) is 5.83. The third-order valence-corrected chi connectivity index (χ3v) is 5.28. The van der Waals surface area contributed by atoms with E-state index in [0.29, 0.717) is 6.54 Å². The molecule has 0 bridgehead atoms. The molecule has 0 fully saturated rings. The Bertz CT molecular complexity index is 1170. The highest BCUT2D eigenvalue weighted by molar-refractivity contribution is 5.86. The topological polar surface area (TPSA) is 68.3 Å². The number of para-hydroxylation sites is 2. The van der Waals surface area contributed by atoms with Crippen LogP contribution in [0.2, 0.25) is 0 Å². The van der Waals surface area contributed by atoms with Crippen LogP contribution < -0.4 is 15.5 Å². The predicted octanol–water partition coefficient (Wildman–Crippen LogP) is 3.69. The minimum Gasteiger partial charge on any atom is -0.363 e. The van der Waals surface area contributed by atoms with E-state index in [4.69, 9.17) is 4.98 Å². The first-order valence-electron chi connectivity index (χ1n) is 10.2. The average molecular weight is 401 g/mol. The molecule has 0 radical (unpaired) electrons. The minimum atomic E-state index is 0.677. The van der Waals surface area contributed by atoms with E-state index in [9.17, 15) is 0 Å². The molecule has 0 spiro atoms. The number of pyridine rings is 1. The number of rotatable bonds is 6. The fourth-order valence-electron chi connectivity index (χ4n) is 3.66. The normalized spacial score (nSPS) is 11.8. The van der Waals surface area contributed by atoms with Gasteiger partial charge in [-0.2, -0.15) is 0 Å². The van der Waals surface area contributed by atoms with Gasteiger partial charge < -0.3 is 20.5 Å². The van der Waals surface area contributed by atoms with E-state index >= 15 is 0 Å².